The maximum absolute atomic E-state index is 11.8. The van der Waals surface area contributed by atoms with E-state index in [4.69, 9.17) is 9.84 Å². The lowest BCUT2D eigenvalue weighted by Crippen LogP contribution is -2.60. The highest BCUT2D eigenvalue weighted by Crippen LogP contribution is 2.15. The number of aliphatic hydroxyl groups is 1. The normalized spacial score (nSPS) is 15.9. The van der Waals surface area contributed by atoms with Gasteiger partial charge in [0.1, 0.15) is 5.60 Å². The number of aliphatic hydroxyl groups excluding tert-OH is 1. The first-order valence-corrected chi connectivity index (χ1v) is 7.21. The zero-order valence-electron chi connectivity index (χ0n) is 12.9. The molecular weight excluding hydrogens is 272 g/mol. The Kier molecular flexibility index (Phi) is 4.84. The Morgan fingerprint density at radius 1 is 1.52 bits per heavy atom. The molecule has 2 rings (SSSR count). The lowest BCUT2D eigenvalue weighted by atomic mass is 10.1. The molecule has 1 aliphatic heterocycles. The van der Waals surface area contributed by atoms with Crippen LogP contribution in [0.5, 0.6) is 0 Å². The SMILES string of the molecule is CC(C)(C)OC(=O)N1CC(NCc2cnn(CCO)c2)C1. The number of carbonyl (C=O) groups excluding carboxylic acids is 1. The fraction of sp³-hybridized carbons (Fsp3) is 0.714. The van der Waals surface area contributed by atoms with Crippen LogP contribution in [0.25, 0.3) is 0 Å². The molecule has 0 spiro atoms. The first-order chi connectivity index (χ1) is 9.87. The Morgan fingerprint density at radius 2 is 2.24 bits per heavy atom. The molecule has 0 radical (unpaired) electrons. The Balaban J connectivity index is 1.67. The summed E-state index contributed by atoms with van der Waals surface area (Å²) in [6.45, 7) is 8.23. The van der Waals surface area contributed by atoms with Crippen LogP contribution in [0.1, 0.15) is 26.3 Å². The Labute approximate surface area is 124 Å². The van der Waals surface area contributed by atoms with Crippen LogP contribution in [0, 0.1) is 0 Å². The van der Waals surface area contributed by atoms with Crippen molar-refractivity contribution < 1.29 is 14.6 Å². The Morgan fingerprint density at radius 3 is 2.86 bits per heavy atom. The minimum atomic E-state index is -0.448. The summed E-state index contributed by atoms with van der Waals surface area (Å²) in [6, 6.07) is 0.290. The van der Waals surface area contributed by atoms with Gasteiger partial charge in [0.05, 0.1) is 19.3 Å². The number of hydrogen-bond acceptors (Lipinski definition) is 5. The number of carbonyl (C=O) groups is 1. The number of aromatic nitrogens is 2. The predicted molar refractivity (Wildman–Crippen MR) is 77.7 cm³/mol. The fourth-order valence-corrected chi connectivity index (χ4v) is 2.07. The summed E-state index contributed by atoms with van der Waals surface area (Å²) in [5.74, 6) is 0. The monoisotopic (exact) mass is 296 g/mol. The van der Waals surface area contributed by atoms with E-state index in [1.54, 1.807) is 15.8 Å². The molecular formula is C14H24N4O3. The molecule has 2 N–H and O–H groups in total. The van der Waals surface area contributed by atoms with E-state index >= 15 is 0 Å². The van der Waals surface area contributed by atoms with Gasteiger partial charge in [-0.15, -0.1) is 0 Å². The molecule has 2 heterocycles. The average Bonchev–Trinajstić information content (AvgIpc) is 2.73. The molecule has 1 saturated heterocycles. The second-order valence-electron chi connectivity index (χ2n) is 6.30. The van der Waals surface area contributed by atoms with Gasteiger partial charge in [0.25, 0.3) is 0 Å². The van der Waals surface area contributed by atoms with E-state index in [0.29, 0.717) is 32.2 Å². The molecule has 0 aliphatic carbocycles. The number of nitrogens with zero attached hydrogens (tertiary/aromatic N) is 3. The number of ether oxygens (including phenoxy) is 1. The highest BCUT2D eigenvalue weighted by atomic mass is 16.6. The summed E-state index contributed by atoms with van der Waals surface area (Å²) in [5.41, 5.74) is 0.621. The van der Waals surface area contributed by atoms with Crippen LogP contribution in [-0.2, 0) is 17.8 Å². The number of likely N-dealkylation sites (tertiary alicyclic amines) is 1. The molecule has 1 aromatic rings. The van der Waals surface area contributed by atoms with Crippen molar-refractivity contribution in [2.24, 2.45) is 0 Å². The van der Waals surface area contributed by atoms with E-state index in [0.717, 1.165) is 5.56 Å². The molecule has 1 amide bonds. The highest BCUT2D eigenvalue weighted by Gasteiger charge is 2.33. The van der Waals surface area contributed by atoms with Gasteiger partial charge in [-0.25, -0.2) is 4.79 Å². The van der Waals surface area contributed by atoms with Gasteiger partial charge in [0, 0.05) is 37.4 Å². The van der Waals surface area contributed by atoms with Crippen molar-refractivity contribution >= 4 is 6.09 Å². The third-order valence-corrected chi connectivity index (χ3v) is 3.14. The van der Waals surface area contributed by atoms with Gasteiger partial charge >= 0.3 is 6.09 Å². The highest BCUT2D eigenvalue weighted by molar-refractivity contribution is 5.69. The molecule has 21 heavy (non-hydrogen) atoms. The van der Waals surface area contributed by atoms with Crippen molar-refractivity contribution in [3.63, 3.8) is 0 Å². The van der Waals surface area contributed by atoms with Crippen molar-refractivity contribution in [2.75, 3.05) is 19.7 Å². The van der Waals surface area contributed by atoms with Crippen LogP contribution in [0.4, 0.5) is 4.79 Å². The van der Waals surface area contributed by atoms with Crippen LogP contribution >= 0.6 is 0 Å². The minimum absolute atomic E-state index is 0.0853. The van der Waals surface area contributed by atoms with Crippen molar-refractivity contribution in [3.8, 4) is 0 Å². The maximum atomic E-state index is 11.8. The molecule has 0 atom stereocenters. The van der Waals surface area contributed by atoms with Gasteiger partial charge in [0.2, 0.25) is 0 Å². The molecule has 1 aliphatic rings. The standard InChI is InChI=1S/C14H24N4O3/c1-14(2,3)21-13(20)17-9-12(10-17)15-6-11-7-16-18(8-11)4-5-19/h7-8,12,15,19H,4-6,9-10H2,1-3H3. The van der Waals surface area contributed by atoms with Crippen molar-refractivity contribution in [1.82, 2.24) is 20.0 Å². The smallest absolute Gasteiger partial charge is 0.410 e. The van der Waals surface area contributed by atoms with Gasteiger partial charge in [-0.05, 0) is 20.8 Å². The summed E-state index contributed by atoms with van der Waals surface area (Å²) < 4.78 is 7.02. The zero-order chi connectivity index (χ0) is 15.5. The first kappa shape index (κ1) is 15.8. The van der Waals surface area contributed by atoms with E-state index in [1.807, 2.05) is 27.0 Å². The Bertz CT molecular complexity index is 475. The molecule has 1 aromatic heterocycles. The van der Waals surface area contributed by atoms with E-state index < -0.39 is 5.60 Å². The first-order valence-electron chi connectivity index (χ1n) is 7.21. The van der Waals surface area contributed by atoms with Crippen molar-refractivity contribution in [3.05, 3.63) is 18.0 Å². The third kappa shape index (κ3) is 4.71. The molecule has 0 bridgehead atoms. The maximum Gasteiger partial charge on any atom is 0.410 e. The van der Waals surface area contributed by atoms with Crippen LogP contribution in [0.15, 0.2) is 12.4 Å². The van der Waals surface area contributed by atoms with E-state index in [1.165, 1.54) is 0 Å². The minimum Gasteiger partial charge on any atom is -0.444 e. The van der Waals surface area contributed by atoms with Crippen LogP contribution in [0.3, 0.4) is 0 Å². The molecule has 0 aromatic carbocycles. The summed E-state index contributed by atoms with van der Waals surface area (Å²) in [4.78, 5) is 13.5. The zero-order valence-corrected chi connectivity index (χ0v) is 12.9. The molecule has 0 unspecified atom stereocenters. The summed E-state index contributed by atoms with van der Waals surface area (Å²) in [7, 11) is 0. The molecule has 118 valence electrons. The number of hydrogen-bond donors (Lipinski definition) is 2. The third-order valence-electron chi connectivity index (χ3n) is 3.14. The fourth-order valence-electron chi connectivity index (χ4n) is 2.07. The largest absolute Gasteiger partial charge is 0.444 e. The van der Waals surface area contributed by atoms with E-state index in [9.17, 15) is 4.79 Å². The second kappa shape index (κ2) is 6.44. The molecule has 0 saturated carbocycles. The summed E-state index contributed by atoms with van der Waals surface area (Å²) in [5, 5.41) is 16.3. The number of amides is 1. The second-order valence-corrected chi connectivity index (χ2v) is 6.30. The lowest BCUT2D eigenvalue weighted by Gasteiger charge is -2.40. The van der Waals surface area contributed by atoms with Crippen LogP contribution in [-0.4, -0.2) is 57.2 Å². The van der Waals surface area contributed by atoms with Gasteiger partial charge < -0.3 is 20.1 Å². The molecule has 7 nitrogen and oxygen atoms in total. The lowest BCUT2D eigenvalue weighted by molar-refractivity contribution is 0.00518. The topological polar surface area (TPSA) is 79.6 Å². The van der Waals surface area contributed by atoms with E-state index in [2.05, 4.69) is 10.4 Å². The summed E-state index contributed by atoms with van der Waals surface area (Å²) >= 11 is 0. The molecule has 7 heteroatoms. The average molecular weight is 296 g/mol. The van der Waals surface area contributed by atoms with Gasteiger partial charge in [0.15, 0.2) is 0 Å². The van der Waals surface area contributed by atoms with Crippen LogP contribution in [0.2, 0.25) is 0 Å². The number of rotatable bonds is 5. The van der Waals surface area contributed by atoms with Crippen LogP contribution < -0.4 is 5.32 Å². The van der Waals surface area contributed by atoms with Crippen molar-refractivity contribution in [2.45, 2.75) is 45.5 Å². The van der Waals surface area contributed by atoms with Gasteiger partial charge in [-0.2, -0.15) is 5.10 Å². The predicted octanol–water partition coefficient (Wildman–Crippen LogP) is 0.584. The molecule has 1 fully saturated rings. The van der Waals surface area contributed by atoms with Gasteiger partial charge in [-0.3, -0.25) is 4.68 Å². The number of nitrogens with one attached hydrogen (secondary N) is 1. The Hall–Kier alpha value is -1.60. The van der Waals surface area contributed by atoms with E-state index in [-0.39, 0.29) is 12.7 Å². The summed E-state index contributed by atoms with van der Waals surface area (Å²) in [6.07, 6.45) is 3.44. The van der Waals surface area contributed by atoms with Gasteiger partial charge in [-0.1, -0.05) is 0 Å². The van der Waals surface area contributed by atoms with Crippen molar-refractivity contribution in [1.29, 1.82) is 0 Å². The quantitative estimate of drug-likeness (QED) is 0.831.